The Labute approximate surface area is 113 Å². The molecule has 0 unspecified atom stereocenters. The lowest BCUT2D eigenvalue weighted by Gasteiger charge is -2.06. The number of nitriles is 2. The molecule has 0 aliphatic heterocycles. The number of hydrogen-bond acceptors (Lipinski definition) is 6. The third-order valence-corrected chi connectivity index (χ3v) is 2.60. The average molecular weight is 265 g/mol. The fourth-order valence-corrected chi connectivity index (χ4v) is 1.73. The molecule has 2 aromatic rings. The summed E-state index contributed by atoms with van der Waals surface area (Å²) in [4.78, 5) is 10.5. The van der Waals surface area contributed by atoms with E-state index in [0.717, 1.165) is 0 Å². The molecule has 0 heterocycles. The van der Waals surface area contributed by atoms with E-state index in [9.17, 15) is 10.1 Å². The van der Waals surface area contributed by atoms with Gasteiger partial charge in [0.15, 0.2) is 0 Å². The molecule has 2 aromatic carbocycles. The normalized spacial score (nSPS) is 9.30. The van der Waals surface area contributed by atoms with E-state index < -0.39 is 4.92 Å². The van der Waals surface area contributed by atoms with E-state index in [0.29, 0.717) is 16.5 Å². The summed E-state index contributed by atoms with van der Waals surface area (Å²) in [7, 11) is 0. The van der Waals surface area contributed by atoms with Crippen molar-refractivity contribution in [1.29, 1.82) is 10.5 Å². The van der Waals surface area contributed by atoms with Crippen LogP contribution in [-0.2, 0) is 0 Å². The Morgan fingerprint density at radius 3 is 2.40 bits per heavy atom. The smallest absolute Gasteiger partial charge is 0.276 e. The molecule has 1 N–H and O–H groups in total. The molecule has 0 saturated carbocycles. The molecule has 7 heteroatoms. The first-order valence-electron chi connectivity index (χ1n) is 5.47. The molecular weight excluding hydrogens is 258 g/mol. The van der Waals surface area contributed by atoms with Crippen LogP contribution in [-0.4, -0.2) is 10.6 Å². The minimum atomic E-state index is -0.467. The van der Waals surface area contributed by atoms with Crippen LogP contribution in [0, 0.1) is 32.8 Å². The summed E-state index contributed by atoms with van der Waals surface area (Å²) in [5.41, 5.74) is 2.71. The van der Waals surface area contributed by atoms with E-state index in [-0.39, 0.29) is 11.4 Å². The lowest BCUT2D eigenvalue weighted by atomic mass is 10.1. The molecule has 96 valence electrons. The highest BCUT2D eigenvalue weighted by atomic mass is 16.6. The molecule has 0 bridgehead atoms. The van der Waals surface area contributed by atoms with Crippen LogP contribution in [0.25, 0.3) is 10.8 Å². The molecule has 2 rings (SSSR count). The number of hydrazone groups is 1. The molecule has 0 radical (unpaired) electrons. The quantitative estimate of drug-likeness (QED) is 0.520. The molecule has 0 aliphatic carbocycles. The van der Waals surface area contributed by atoms with Crippen LogP contribution in [0.1, 0.15) is 0 Å². The Hall–Kier alpha value is -3.45. The Balaban J connectivity index is 2.55. The second-order valence-electron chi connectivity index (χ2n) is 3.73. The Morgan fingerprint density at radius 1 is 1.15 bits per heavy atom. The van der Waals surface area contributed by atoms with E-state index in [1.54, 1.807) is 36.4 Å². The van der Waals surface area contributed by atoms with Gasteiger partial charge in [-0.1, -0.05) is 18.2 Å². The van der Waals surface area contributed by atoms with Crippen LogP contribution in [0.5, 0.6) is 0 Å². The number of nitrogens with one attached hydrogen (secondary N) is 1. The highest BCUT2D eigenvalue weighted by molar-refractivity contribution is 6.10. The first-order chi connectivity index (χ1) is 9.67. The van der Waals surface area contributed by atoms with Crippen LogP contribution in [0.4, 0.5) is 11.4 Å². The van der Waals surface area contributed by atoms with Crippen LogP contribution in [0.3, 0.4) is 0 Å². The van der Waals surface area contributed by atoms with Gasteiger partial charge in [0, 0.05) is 11.5 Å². The topological polar surface area (TPSA) is 115 Å². The zero-order valence-corrected chi connectivity index (χ0v) is 10.1. The Morgan fingerprint density at radius 2 is 1.80 bits per heavy atom. The second-order valence-corrected chi connectivity index (χ2v) is 3.73. The third-order valence-electron chi connectivity index (χ3n) is 2.60. The highest BCUT2D eigenvalue weighted by Gasteiger charge is 2.13. The van der Waals surface area contributed by atoms with Gasteiger partial charge in [-0.3, -0.25) is 15.5 Å². The summed E-state index contributed by atoms with van der Waals surface area (Å²) in [6.45, 7) is 0. The van der Waals surface area contributed by atoms with Crippen molar-refractivity contribution in [3.63, 3.8) is 0 Å². The summed E-state index contributed by atoms with van der Waals surface area (Å²) in [6, 6.07) is 12.8. The minimum Gasteiger partial charge on any atom is -0.276 e. The average Bonchev–Trinajstić information content (AvgIpc) is 2.47. The van der Waals surface area contributed by atoms with Gasteiger partial charge in [-0.25, -0.2) is 0 Å². The second kappa shape index (κ2) is 5.46. The predicted molar refractivity (Wildman–Crippen MR) is 72.9 cm³/mol. The summed E-state index contributed by atoms with van der Waals surface area (Å²) in [5.74, 6) is 0. The minimum absolute atomic E-state index is 0.0177. The van der Waals surface area contributed by atoms with Crippen LogP contribution < -0.4 is 5.43 Å². The van der Waals surface area contributed by atoms with E-state index in [1.165, 1.54) is 12.1 Å². The predicted octanol–water partition coefficient (Wildman–Crippen LogP) is 2.56. The summed E-state index contributed by atoms with van der Waals surface area (Å²) >= 11 is 0. The maximum atomic E-state index is 11.0. The van der Waals surface area contributed by atoms with Crippen LogP contribution in [0.15, 0.2) is 41.5 Å². The maximum Gasteiger partial charge on any atom is 0.277 e. The first-order valence-corrected chi connectivity index (χ1v) is 5.47. The van der Waals surface area contributed by atoms with Gasteiger partial charge in [-0.05, 0) is 12.1 Å². The SMILES string of the molecule is N#CC(C#N)=NNc1ccc([N+](=O)[O-])c2ccccc12. The molecule has 0 atom stereocenters. The third kappa shape index (κ3) is 2.37. The number of hydrogen-bond donors (Lipinski definition) is 1. The number of nitro benzene ring substituents is 1. The Bertz CT molecular complexity index is 782. The van der Waals surface area contributed by atoms with Crippen LogP contribution >= 0.6 is 0 Å². The van der Waals surface area contributed by atoms with Gasteiger partial charge in [0.1, 0.15) is 12.1 Å². The lowest BCUT2D eigenvalue weighted by Crippen LogP contribution is -1.98. The first kappa shape index (κ1) is 13.0. The monoisotopic (exact) mass is 265 g/mol. The van der Waals surface area contributed by atoms with Crippen molar-refractivity contribution in [2.75, 3.05) is 5.43 Å². The molecule has 20 heavy (non-hydrogen) atoms. The molecule has 0 aliphatic rings. The largest absolute Gasteiger partial charge is 0.277 e. The van der Waals surface area contributed by atoms with Crippen molar-refractivity contribution in [2.24, 2.45) is 5.10 Å². The van der Waals surface area contributed by atoms with E-state index in [2.05, 4.69) is 10.5 Å². The van der Waals surface area contributed by atoms with Gasteiger partial charge in [0.05, 0.1) is 16.0 Å². The van der Waals surface area contributed by atoms with Gasteiger partial charge in [0.2, 0.25) is 5.71 Å². The highest BCUT2D eigenvalue weighted by Crippen LogP contribution is 2.31. The molecule has 0 amide bonds. The van der Waals surface area contributed by atoms with Crippen molar-refractivity contribution in [1.82, 2.24) is 0 Å². The summed E-state index contributed by atoms with van der Waals surface area (Å²) in [6.07, 6.45) is 0. The number of nitrogens with zero attached hydrogens (tertiary/aromatic N) is 4. The molecule has 0 saturated heterocycles. The summed E-state index contributed by atoms with van der Waals surface area (Å²) in [5, 5.41) is 32.8. The van der Waals surface area contributed by atoms with Gasteiger partial charge in [-0.15, -0.1) is 0 Å². The van der Waals surface area contributed by atoms with Gasteiger partial charge in [0.25, 0.3) is 5.69 Å². The molecule has 0 spiro atoms. The molecule has 0 aromatic heterocycles. The van der Waals surface area contributed by atoms with Crippen molar-refractivity contribution >= 4 is 27.9 Å². The van der Waals surface area contributed by atoms with Crippen molar-refractivity contribution in [3.05, 3.63) is 46.5 Å². The summed E-state index contributed by atoms with van der Waals surface area (Å²) < 4.78 is 0. The number of fused-ring (bicyclic) bond motifs is 1. The molecule has 0 fully saturated rings. The zero-order valence-electron chi connectivity index (χ0n) is 10.1. The standard InChI is InChI=1S/C13H7N5O2/c14-7-9(8-15)16-17-12-5-6-13(18(19)20)11-4-2-1-3-10(11)12/h1-6,17H. The number of benzene rings is 2. The molecular formula is C13H7N5O2. The van der Waals surface area contributed by atoms with E-state index >= 15 is 0 Å². The van der Waals surface area contributed by atoms with E-state index in [1.807, 2.05) is 0 Å². The maximum absolute atomic E-state index is 11.0. The van der Waals surface area contributed by atoms with Gasteiger partial charge >= 0.3 is 0 Å². The number of non-ortho nitro benzene ring substituents is 1. The Kier molecular flexibility index (Phi) is 3.55. The van der Waals surface area contributed by atoms with Gasteiger partial charge in [-0.2, -0.15) is 15.6 Å². The number of nitro groups is 1. The fourth-order valence-electron chi connectivity index (χ4n) is 1.73. The van der Waals surface area contributed by atoms with Gasteiger partial charge < -0.3 is 0 Å². The van der Waals surface area contributed by atoms with Crippen LogP contribution in [0.2, 0.25) is 0 Å². The zero-order chi connectivity index (χ0) is 14.5. The van der Waals surface area contributed by atoms with Crippen molar-refractivity contribution in [2.45, 2.75) is 0 Å². The molecule has 7 nitrogen and oxygen atoms in total. The number of rotatable bonds is 3. The number of anilines is 1. The lowest BCUT2D eigenvalue weighted by molar-refractivity contribution is -0.383. The fraction of sp³-hybridized carbons (Fsp3) is 0. The van der Waals surface area contributed by atoms with Crippen molar-refractivity contribution in [3.8, 4) is 12.1 Å². The van der Waals surface area contributed by atoms with E-state index in [4.69, 9.17) is 10.5 Å². The van der Waals surface area contributed by atoms with Crippen molar-refractivity contribution < 1.29 is 4.92 Å².